The summed E-state index contributed by atoms with van der Waals surface area (Å²) in [7, 11) is 0. The van der Waals surface area contributed by atoms with Crippen molar-refractivity contribution in [1.29, 1.82) is 0 Å². The molecule has 1 aliphatic carbocycles. The summed E-state index contributed by atoms with van der Waals surface area (Å²) in [6, 6.07) is 1.68. The molecule has 5 nitrogen and oxygen atoms in total. The van der Waals surface area contributed by atoms with Gasteiger partial charge in [0.05, 0.1) is 6.20 Å². The van der Waals surface area contributed by atoms with E-state index in [9.17, 15) is 4.79 Å². The molecule has 0 bridgehead atoms. The fourth-order valence-electron chi connectivity index (χ4n) is 1.54. The van der Waals surface area contributed by atoms with Crippen LogP contribution >= 0.6 is 0 Å². The summed E-state index contributed by atoms with van der Waals surface area (Å²) >= 11 is 0. The molecule has 0 spiro atoms. The van der Waals surface area contributed by atoms with Crippen LogP contribution in [0.25, 0.3) is 0 Å². The number of rotatable bonds is 3. The minimum atomic E-state index is -0.988. The Balaban J connectivity index is 2.16. The minimum Gasteiger partial charge on any atom is -0.478 e. The van der Waals surface area contributed by atoms with Crippen LogP contribution in [0, 0.1) is 0 Å². The fourth-order valence-corrected chi connectivity index (χ4v) is 1.54. The zero-order chi connectivity index (χ0) is 10.7. The van der Waals surface area contributed by atoms with Crippen LogP contribution in [-0.4, -0.2) is 27.3 Å². The number of nitrogens with zero attached hydrogens (tertiary/aromatic N) is 2. The molecule has 0 unspecified atom stereocenters. The van der Waals surface area contributed by atoms with Gasteiger partial charge in [0, 0.05) is 6.04 Å². The van der Waals surface area contributed by atoms with Gasteiger partial charge in [0.25, 0.3) is 0 Å². The van der Waals surface area contributed by atoms with Gasteiger partial charge < -0.3 is 10.4 Å². The summed E-state index contributed by atoms with van der Waals surface area (Å²) in [5, 5.41) is 19.5. The van der Waals surface area contributed by atoms with Crippen LogP contribution in [0.4, 0.5) is 5.82 Å². The molecule has 1 aromatic heterocycles. The first-order valence-electron chi connectivity index (χ1n) is 4.74. The third-order valence-corrected chi connectivity index (χ3v) is 2.30. The molecule has 0 saturated heterocycles. The maximum atomic E-state index is 10.9. The molecule has 1 heterocycles. The summed E-state index contributed by atoms with van der Waals surface area (Å²) in [5.41, 5.74) is 0.164. The van der Waals surface area contributed by atoms with Crippen LogP contribution in [-0.2, 0) is 0 Å². The van der Waals surface area contributed by atoms with Crippen molar-refractivity contribution in [2.45, 2.75) is 18.9 Å². The molecular formula is C10H11N3O2. The highest BCUT2D eigenvalue weighted by molar-refractivity contribution is 5.92. The number of carboxylic acids is 1. The second-order valence-electron chi connectivity index (χ2n) is 3.38. The third-order valence-electron chi connectivity index (χ3n) is 2.30. The topological polar surface area (TPSA) is 75.1 Å². The Morgan fingerprint density at radius 3 is 2.87 bits per heavy atom. The van der Waals surface area contributed by atoms with Gasteiger partial charge in [0.1, 0.15) is 5.56 Å². The number of nitrogens with one attached hydrogen (secondary N) is 1. The quantitative estimate of drug-likeness (QED) is 0.727. The van der Waals surface area contributed by atoms with Crippen LogP contribution < -0.4 is 5.32 Å². The Morgan fingerprint density at radius 1 is 1.47 bits per heavy atom. The molecule has 5 heteroatoms. The molecule has 15 heavy (non-hydrogen) atoms. The third kappa shape index (κ3) is 2.12. The zero-order valence-electron chi connectivity index (χ0n) is 8.05. The fraction of sp³-hybridized carbons (Fsp3) is 0.300. The van der Waals surface area contributed by atoms with E-state index in [4.69, 9.17) is 5.11 Å². The predicted octanol–water partition coefficient (Wildman–Crippen LogP) is 1.31. The largest absolute Gasteiger partial charge is 0.478 e. The van der Waals surface area contributed by atoms with E-state index in [0.29, 0.717) is 5.82 Å². The molecule has 0 radical (unpaired) electrons. The highest BCUT2D eigenvalue weighted by Crippen LogP contribution is 2.17. The van der Waals surface area contributed by atoms with E-state index in [1.165, 1.54) is 12.3 Å². The van der Waals surface area contributed by atoms with Crippen molar-refractivity contribution >= 4 is 11.8 Å². The minimum absolute atomic E-state index is 0.164. The van der Waals surface area contributed by atoms with E-state index in [2.05, 4.69) is 27.7 Å². The van der Waals surface area contributed by atoms with E-state index >= 15 is 0 Å². The first-order chi connectivity index (χ1) is 7.27. The monoisotopic (exact) mass is 205 g/mol. The van der Waals surface area contributed by atoms with E-state index < -0.39 is 5.97 Å². The molecule has 0 amide bonds. The Bertz CT molecular complexity index is 395. The van der Waals surface area contributed by atoms with Gasteiger partial charge in [-0.25, -0.2) is 4.79 Å². The molecule has 1 aromatic rings. The maximum absolute atomic E-state index is 10.9. The number of hydrogen-bond acceptors (Lipinski definition) is 4. The molecule has 0 saturated carbocycles. The van der Waals surface area contributed by atoms with E-state index in [1.54, 1.807) is 0 Å². The van der Waals surface area contributed by atoms with Crippen LogP contribution in [0.3, 0.4) is 0 Å². The van der Waals surface area contributed by atoms with Gasteiger partial charge in [-0.15, -0.1) is 5.10 Å². The van der Waals surface area contributed by atoms with Crippen molar-refractivity contribution in [2.75, 3.05) is 5.32 Å². The van der Waals surface area contributed by atoms with Gasteiger partial charge >= 0.3 is 5.97 Å². The van der Waals surface area contributed by atoms with Gasteiger partial charge in [0.2, 0.25) is 0 Å². The second-order valence-corrected chi connectivity index (χ2v) is 3.38. The summed E-state index contributed by atoms with van der Waals surface area (Å²) in [5.74, 6) is -0.642. The molecule has 0 aliphatic heterocycles. The molecule has 1 aliphatic rings. The van der Waals surface area contributed by atoms with Crippen molar-refractivity contribution in [3.8, 4) is 0 Å². The molecule has 0 aromatic carbocycles. The standard InChI is InChI=1S/C10H11N3O2/c14-10(15)8-5-6-11-13-9(8)12-7-3-1-2-4-7/h1-2,5-7H,3-4H2,(H,12,13)(H,14,15). The van der Waals surface area contributed by atoms with Crippen LogP contribution in [0.2, 0.25) is 0 Å². The number of hydrogen-bond donors (Lipinski definition) is 2. The summed E-state index contributed by atoms with van der Waals surface area (Å²) < 4.78 is 0. The highest BCUT2D eigenvalue weighted by Gasteiger charge is 2.16. The van der Waals surface area contributed by atoms with Gasteiger partial charge in [0.15, 0.2) is 5.82 Å². The number of carbonyl (C=O) groups is 1. The average molecular weight is 205 g/mol. The lowest BCUT2D eigenvalue weighted by Crippen LogP contribution is -2.18. The molecule has 2 rings (SSSR count). The van der Waals surface area contributed by atoms with E-state index in [0.717, 1.165) is 12.8 Å². The first-order valence-corrected chi connectivity index (χ1v) is 4.74. The molecular weight excluding hydrogens is 194 g/mol. The van der Waals surface area contributed by atoms with Crippen molar-refractivity contribution in [3.63, 3.8) is 0 Å². The zero-order valence-corrected chi connectivity index (χ0v) is 8.05. The molecule has 2 N–H and O–H groups in total. The van der Waals surface area contributed by atoms with Crippen molar-refractivity contribution in [3.05, 3.63) is 30.0 Å². The SMILES string of the molecule is O=C(O)c1ccnnc1NC1CC=CC1. The Morgan fingerprint density at radius 2 is 2.20 bits per heavy atom. The predicted molar refractivity (Wildman–Crippen MR) is 54.8 cm³/mol. The second kappa shape index (κ2) is 4.08. The lowest BCUT2D eigenvalue weighted by atomic mass is 10.2. The van der Waals surface area contributed by atoms with Crippen LogP contribution in [0.1, 0.15) is 23.2 Å². The number of carboxylic acid groups (broad SMARTS) is 1. The summed E-state index contributed by atoms with van der Waals surface area (Å²) in [6.07, 6.45) is 7.30. The van der Waals surface area contributed by atoms with Crippen molar-refractivity contribution in [2.24, 2.45) is 0 Å². The maximum Gasteiger partial charge on any atom is 0.339 e. The lowest BCUT2D eigenvalue weighted by molar-refractivity contribution is 0.0697. The molecule has 0 atom stereocenters. The normalized spacial score (nSPS) is 15.5. The van der Waals surface area contributed by atoms with Crippen molar-refractivity contribution in [1.82, 2.24) is 10.2 Å². The highest BCUT2D eigenvalue weighted by atomic mass is 16.4. The lowest BCUT2D eigenvalue weighted by Gasteiger charge is -2.13. The van der Waals surface area contributed by atoms with E-state index in [-0.39, 0.29) is 11.6 Å². The first kappa shape index (κ1) is 9.64. The van der Waals surface area contributed by atoms with Gasteiger partial charge in [-0.1, -0.05) is 12.2 Å². The molecule has 0 fully saturated rings. The van der Waals surface area contributed by atoms with Crippen LogP contribution in [0.15, 0.2) is 24.4 Å². The van der Waals surface area contributed by atoms with Crippen LogP contribution in [0.5, 0.6) is 0 Å². The molecule has 78 valence electrons. The van der Waals surface area contributed by atoms with Gasteiger partial charge in [-0.3, -0.25) is 0 Å². The summed E-state index contributed by atoms with van der Waals surface area (Å²) in [6.45, 7) is 0. The number of anilines is 1. The number of aromatic nitrogens is 2. The Hall–Kier alpha value is -1.91. The Kier molecular flexibility index (Phi) is 2.62. The van der Waals surface area contributed by atoms with E-state index in [1.807, 2.05) is 0 Å². The number of aromatic carboxylic acids is 1. The Labute approximate surface area is 86.8 Å². The smallest absolute Gasteiger partial charge is 0.339 e. The van der Waals surface area contributed by atoms with Crippen molar-refractivity contribution < 1.29 is 9.90 Å². The average Bonchev–Trinajstić information content (AvgIpc) is 2.71. The van der Waals surface area contributed by atoms with Gasteiger partial charge in [-0.2, -0.15) is 5.10 Å². The van der Waals surface area contributed by atoms with Gasteiger partial charge in [-0.05, 0) is 18.9 Å². The summed E-state index contributed by atoms with van der Waals surface area (Å²) in [4.78, 5) is 10.9.